The lowest BCUT2D eigenvalue weighted by atomic mass is 9.84. The smallest absolute Gasteiger partial charge is 0.0340 e. The molecule has 0 aromatic carbocycles. The quantitative estimate of drug-likeness (QED) is 0.609. The molecule has 3 fully saturated rings. The molecule has 3 N–H and O–H groups in total. The maximum atomic E-state index is 5.81. The molecule has 2 saturated carbocycles. The number of hydrazine groups is 1. The van der Waals surface area contributed by atoms with Gasteiger partial charge >= 0.3 is 0 Å². The summed E-state index contributed by atoms with van der Waals surface area (Å²) in [6.45, 7) is 0. The largest absolute Gasteiger partial charge is 0.271 e. The van der Waals surface area contributed by atoms with Crippen molar-refractivity contribution in [3.63, 3.8) is 0 Å². The number of thioether (sulfide) groups is 2. The van der Waals surface area contributed by atoms with Crippen molar-refractivity contribution in [3.05, 3.63) is 0 Å². The van der Waals surface area contributed by atoms with Gasteiger partial charge in [0.15, 0.2) is 0 Å². The van der Waals surface area contributed by atoms with E-state index in [2.05, 4.69) is 28.9 Å². The fourth-order valence-corrected chi connectivity index (χ4v) is 6.94. The number of nitrogens with one attached hydrogen (secondary N) is 1. The molecule has 2 bridgehead atoms. The van der Waals surface area contributed by atoms with Gasteiger partial charge in [0.25, 0.3) is 0 Å². The van der Waals surface area contributed by atoms with Crippen molar-refractivity contribution in [2.75, 3.05) is 17.3 Å². The van der Waals surface area contributed by atoms with Crippen LogP contribution in [0.4, 0.5) is 0 Å². The SMILES string of the molecule is NNC(CC1CC2CCC1C2)C1CSCCS1. The second-order valence-electron chi connectivity index (χ2n) is 5.93. The Bertz CT molecular complexity index is 256. The normalized spacial score (nSPS) is 42.9. The average Bonchev–Trinajstić information content (AvgIpc) is 2.99. The molecule has 5 atom stereocenters. The summed E-state index contributed by atoms with van der Waals surface area (Å²) in [6, 6.07) is 0.553. The molecule has 1 heterocycles. The minimum absolute atomic E-state index is 0.553. The molecule has 0 amide bonds. The number of nitrogens with two attached hydrogens (primary N) is 1. The van der Waals surface area contributed by atoms with Gasteiger partial charge in [-0.1, -0.05) is 6.42 Å². The van der Waals surface area contributed by atoms with Gasteiger partial charge < -0.3 is 0 Å². The minimum Gasteiger partial charge on any atom is -0.271 e. The number of rotatable bonds is 4. The van der Waals surface area contributed by atoms with E-state index in [0.717, 1.165) is 23.0 Å². The predicted molar refractivity (Wildman–Crippen MR) is 78.2 cm³/mol. The van der Waals surface area contributed by atoms with E-state index in [1.54, 1.807) is 0 Å². The van der Waals surface area contributed by atoms with E-state index in [0.29, 0.717) is 6.04 Å². The molecule has 1 saturated heterocycles. The van der Waals surface area contributed by atoms with Gasteiger partial charge in [-0.15, -0.1) is 0 Å². The lowest BCUT2D eigenvalue weighted by Crippen LogP contribution is -2.46. The van der Waals surface area contributed by atoms with Crippen LogP contribution >= 0.6 is 23.5 Å². The highest BCUT2D eigenvalue weighted by molar-refractivity contribution is 8.06. The van der Waals surface area contributed by atoms with Crippen LogP contribution in [0.25, 0.3) is 0 Å². The molecule has 1 aliphatic heterocycles. The number of hydrogen-bond donors (Lipinski definition) is 2. The van der Waals surface area contributed by atoms with E-state index >= 15 is 0 Å². The molecular formula is C13H24N2S2. The Balaban J connectivity index is 1.54. The average molecular weight is 272 g/mol. The highest BCUT2D eigenvalue weighted by Gasteiger charge is 2.41. The van der Waals surface area contributed by atoms with Crippen molar-refractivity contribution in [1.29, 1.82) is 0 Å². The maximum absolute atomic E-state index is 5.81. The Hall–Kier alpha value is 0.620. The molecule has 5 unspecified atom stereocenters. The van der Waals surface area contributed by atoms with Crippen LogP contribution in [0.1, 0.15) is 32.1 Å². The summed E-state index contributed by atoms with van der Waals surface area (Å²) in [5, 5.41) is 0.748. The first-order valence-corrected chi connectivity index (χ1v) is 9.22. The molecule has 3 rings (SSSR count). The van der Waals surface area contributed by atoms with Crippen LogP contribution in [0.5, 0.6) is 0 Å². The summed E-state index contributed by atoms with van der Waals surface area (Å²) < 4.78 is 0. The Labute approximate surface area is 113 Å². The third-order valence-electron chi connectivity index (χ3n) is 4.95. The zero-order chi connectivity index (χ0) is 11.7. The molecule has 3 aliphatic rings. The molecular weight excluding hydrogens is 248 g/mol. The van der Waals surface area contributed by atoms with E-state index in [4.69, 9.17) is 5.84 Å². The summed E-state index contributed by atoms with van der Waals surface area (Å²) in [4.78, 5) is 0. The van der Waals surface area contributed by atoms with Crippen molar-refractivity contribution in [2.24, 2.45) is 23.6 Å². The summed E-state index contributed by atoms with van der Waals surface area (Å²) in [6.07, 6.45) is 7.35. The number of fused-ring (bicyclic) bond motifs is 2. The maximum Gasteiger partial charge on any atom is 0.0340 e. The lowest BCUT2D eigenvalue weighted by Gasteiger charge is -2.33. The summed E-state index contributed by atoms with van der Waals surface area (Å²) in [5.41, 5.74) is 3.12. The van der Waals surface area contributed by atoms with Crippen LogP contribution in [0.15, 0.2) is 0 Å². The van der Waals surface area contributed by atoms with Crippen molar-refractivity contribution in [2.45, 2.75) is 43.4 Å². The second kappa shape index (κ2) is 5.72. The van der Waals surface area contributed by atoms with E-state index in [1.807, 2.05) is 0 Å². The molecule has 2 aliphatic carbocycles. The first-order chi connectivity index (χ1) is 8.36. The van der Waals surface area contributed by atoms with Gasteiger partial charge in [-0.25, -0.2) is 0 Å². The van der Waals surface area contributed by atoms with Gasteiger partial charge in [-0.2, -0.15) is 23.5 Å². The summed E-state index contributed by atoms with van der Waals surface area (Å²) in [5.74, 6) is 12.8. The van der Waals surface area contributed by atoms with E-state index < -0.39 is 0 Å². The van der Waals surface area contributed by atoms with Gasteiger partial charge in [0.1, 0.15) is 0 Å². The van der Waals surface area contributed by atoms with Crippen LogP contribution in [0.3, 0.4) is 0 Å². The van der Waals surface area contributed by atoms with E-state index in [-0.39, 0.29) is 0 Å². The standard InChI is InChI=1S/C13H24N2S2/c14-15-12(13-8-16-3-4-17-13)7-11-6-9-1-2-10(11)5-9/h9-13,15H,1-8,14H2. The van der Waals surface area contributed by atoms with E-state index in [9.17, 15) is 0 Å². The van der Waals surface area contributed by atoms with E-state index in [1.165, 1.54) is 49.4 Å². The number of hydrogen-bond acceptors (Lipinski definition) is 4. The molecule has 4 heteroatoms. The third-order valence-corrected chi connectivity index (χ3v) is 7.87. The molecule has 17 heavy (non-hydrogen) atoms. The summed E-state index contributed by atoms with van der Waals surface area (Å²) >= 11 is 4.24. The predicted octanol–water partition coefficient (Wildman–Crippen LogP) is 2.49. The summed E-state index contributed by atoms with van der Waals surface area (Å²) in [7, 11) is 0. The third kappa shape index (κ3) is 2.80. The van der Waals surface area contributed by atoms with Gasteiger partial charge in [0, 0.05) is 28.6 Å². The minimum atomic E-state index is 0.553. The Morgan fingerprint density at radius 2 is 2.18 bits per heavy atom. The van der Waals surface area contributed by atoms with Crippen LogP contribution in [0.2, 0.25) is 0 Å². The first-order valence-electron chi connectivity index (χ1n) is 7.02. The molecule has 2 nitrogen and oxygen atoms in total. The van der Waals surface area contributed by atoms with Crippen LogP contribution in [-0.4, -0.2) is 28.6 Å². The van der Waals surface area contributed by atoms with Gasteiger partial charge in [0.2, 0.25) is 0 Å². The molecule has 0 spiro atoms. The van der Waals surface area contributed by atoms with Crippen LogP contribution < -0.4 is 11.3 Å². The van der Waals surface area contributed by atoms with Crippen molar-refractivity contribution in [3.8, 4) is 0 Å². The molecule has 98 valence electrons. The molecule has 0 radical (unpaired) electrons. The lowest BCUT2D eigenvalue weighted by molar-refractivity contribution is 0.278. The van der Waals surface area contributed by atoms with Crippen molar-refractivity contribution in [1.82, 2.24) is 5.43 Å². The first kappa shape index (κ1) is 12.6. The molecule has 0 aromatic rings. The highest BCUT2D eigenvalue weighted by Crippen LogP contribution is 2.50. The zero-order valence-corrected chi connectivity index (χ0v) is 12.1. The molecule has 0 aromatic heterocycles. The monoisotopic (exact) mass is 272 g/mol. The Morgan fingerprint density at radius 3 is 2.76 bits per heavy atom. The van der Waals surface area contributed by atoms with Crippen molar-refractivity contribution >= 4 is 23.5 Å². The zero-order valence-electron chi connectivity index (χ0n) is 10.4. The second-order valence-corrected chi connectivity index (χ2v) is 8.42. The fraction of sp³-hybridized carbons (Fsp3) is 1.00. The van der Waals surface area contributed by atoms with Gasteiger partial charge in [0.05, 0.1) is 0 Å². The van der Waals surface area contributed by atoms with Crippen LogP contribution in [-0.2, 0) is 0 Å². The van der Waals surface area contributed by atoms with Crippen molar-refractivity contribution < 1.29 is 0 Å². The fourth-order valence-electron chi connectivity index (χ4n) is 4.06. The van der Waals surface area contributed by atoms with Crippen LogP contribution in [0, 0.1) is 17.8 Å². The highest BCUT2D eigenvalue weighted by atomic mass is 32.2. The van der Waals surface area contributed by atoms with Gasteiger partial charge in [-0.3, -0.25) is 11.3 Å². The topological polar surface area (TPSA) is 38.0 Å². The van der Waals surface area contributed by atoms with Gasteiger partial charge in [-0.05, 0) is 43.4 Å². The Morgan fingerprint density at radius 1 is 1.24 bits per heavy atom. The Kier molecular flexibility index (Phi) is 4.26.